The smallest absolute Gasteiger partial charge is 0.293 e. The standard InChI is InChI=1S/C22H19Cl2N3O4S/c1-13-4-2-6-15(10-13)20(29)26-12-18(28)25-8-9-27-21(30)17(32-22(27)31)11-14-5-3-7-16(23)19(14)24/h2-7,10-11H,8-9,12H2,1H3,(H,25,28)(H,26,29)/b17-11-. The fraction of sp³-hybridized carbons (Fsp3) is 0.182. The van der Waals surface area contributed by atoms with Crippen LogP contribution in [-0.4, -0.2) is 47.5 Å². The van der Waals surface area contributed by atoms with Gasteiger partial charge in [0.25, 0.3) is 17.1 Å². The van der Waals surface area contributed by atoms with Gasteiger partial charge in [-0.05, 0) is 48.5 Å². The highest BCUT2D eigenvalue weighted by Crippen LogP contribution is 2.34. The van der Waals surface area contributed by atoms with Crippen molar-refractivity contribution in [2.24, 2.45) is 0 Å². The highest BCUT2D eigenvalue weighted by Gasteiger charge is 2.34. The zero-order chi connectivity index (χ0) is 23.3. The predicted molar refractivity (Wildman–Crippen MR) is 126 cm³/mol. The highest BCUT2D eigenvalue weighted by molar-refractivity contribution is 8.18. The van der Waals surface area contributed by atoms with Crippen LogP contribution in [0.4, 0.5) is 4.79 Å². The molecule has 0 unspecified atom stereocenters. The molecule has 1 saturated heterocycles. The molecule has 0 atom stereocenters. The van der Waals surface area contributed by atoms with Crippen LogP contribution in [-0.2, 0) is 9.59 Å². The summed E-state index contributed by atoms with van der Waals surface area (Å²) in [4.78, 5) is 50.1. The van der Waals surface area contributed by atoms with Crippen molar-refractivity contribution in [3.63, 3.8) is 0 Å². The number of imide groups is 1. The molecule has 7 nitrogen and oxygen atoms in total. The van der Waals surface area contributed by atoms with Crippen molar-refractivity contribution in [1.29, 1.82) is 0 Å². The molecular weight excluding hydrogens is 473 g/mol. The first-order chi connectivity index (χ1) is 15.3. The van der Waals surface area contributed by atoms with E-state index >= 15 is 0 Å². The number of amides is 4. The molecule has 10 heteroatoms. The van der Waals surface area contributed by atoms with Crippen LogP contribution >= 0.6 is 35.0 Å². The Balaban J connectivity index is 1.49. The number of nitrogens with one attached hydrogen (secondary N) is 2. The molecule has 1 heterocycles. The van der Waals surface area contributed by atoms with Gasteiger partial charge in [-0.2, -0.15) is 0 Å². The van der Waals surface area contributed by atoms with Gasteiger partial charge in [0, 0.05) is 18.7 Å². The summed E-state index contributed by atoms with van der Waals surface area (Å²) in [6.45, 7) is 1.71. The van der Waals surface area contributed by atoms with Gasteiger partial charge in [-0.15, -0.1) is 0 Å². The summed E-state index contributed by atoms with van der Waals surface area (Å²) in [5, 5.41) is 5.31. The fourth-order valence-electron chi connectivity index (χ4n) is 2.88. The van der Waals surface area contributed by atoms with Crippen LogP contribution in [0.5, 0.6) is 0 Å². The molecule has 166 valence electrons. The van der Waals surface area contributed by atoms with Crippen molar-refractivity contribution in [1.82, 2.24) is 15.5 Å². The number of carbonyl (C=O) groups excluding carboxylic acids is 4. The normalized spacial score (nSPS) is 14.7. The van der Waals surface area contributed by atoms with E-state index in [-0.39, 0.29) is 30.4 Å². The second kappa shape index (κ2) is 10.7. The van der Waals surface area contributed by atoms with Crippen molar-refractivity contribution in [2.75, 3.05) is 19.6 Å². The van der Waals surface area contributed by atoms with Crippen LogP contribution in [0.3, 0.4) is 0 Å². The van der Waals surface area contributed by atoms with Crippen molar-refractivity contribution >= 4 is 64.0 Å². The molecule has 1 aliphatic rings. The third-order valence-corrected chi connectivity index (χ3v) is 6.23. The Morgan fingerprint density at radius 3 is 2.59 bits per heavy atom. The number of benzene rings is 2. The Bertz CT molecular complexity index is 1120. The molecule has 3 rings (SSSR count). The van der Waals surface area contributed by atoms with E-state index in [1.54, 1.807) is 36.4 Å². The van der Waals surface area contributed by atoms with E-state index in [4.69, 9.17) is 23.2 Å². The number of rotatable bonds is 7. The summed E-state index contributed by atoms with van der Waals surface area (Å²) in [5.74, 6) is -1.27. The second-order valence-corrected chi connectivity index (χ2v) is 8.66. The minimum Gasteiger partial charge on any atom is -0.353 e. The molecule has 1 fully saturated rings. The Labute approximate surface area is 199 Å². The number of hydrogen-bond acceptors (Lipinski definition) is 5. The molecule has 32 heavy (non-hydrogen) atoms. The number of hydrogen-bond donors (Lipinski definition) is 2. The first-order valence-electron chi connectivity index (χ1n) is 9.57. The maximum absolute atomic E-state index is 12.6. The molecule has 2 aromatic carbocycles. The zero-order valence-corrected chi connectivity index (χ0v) is 19.3. The van der Waals surface area contributed by atoms with Gasteiger partial charge < -0.3 is 10.6 Å². The lowest BCUT2D eigenvalue weighted by Crippen LogP contribution is -2.41. The van der Waals surface area contributed by atoms with E-state index < -0.39 is 17.1 Å². The van der Waals surface area contributed by atoms with Gasteiger partial charge in [0.2, 0.25) is 5.91 Å². The number of thioether (sulfide) groups is 1. The van der Waals surface area contributed by atoms with Gasteiger partial charge in [-0.25, -0.2) is 0 Å². The van der Waals surface area contributed by atoms with E-state index in [1.165, 1.54) is 6.08 Å². The highest BCUT2D eigenvalue weighted by atomic mass is 35.5. The van der Waals surface area contributed by atoms with Crippen LogP contribution in [0, 0.1) is 6.92 Å². The molecule has 2 N–H and O–H groups in total. The van der Waals surface area contributed by atoms with Crippen molar-refractivity contribution in [3.05, 3.63) is 74.1 Å². The Hall–Kier alpha value is -2.81. The average Bonchev–Trinajstić information content (AvgIpc) is 3.02. The van der Waals surface area contributed by atoms with Crippen molar-refractivity contribution in [2.45, 2.75) is 6.92 Å². The monoisotopic (exact) mass is 491 g/mol. The first kappa shape index (κ1) is 23.8. The van der Waals surface area contributed by atoms with Crippen LogP contribution in [0.1, 0.15) is 21.5 Å². The van der Waals surface area contributed by atoms with Gasteiger partial charge in [-0.1, -0.05) is 53.0 Å². The summed E-state index contributed by atoms with van der Waals surface area (Å²) in [6, 6.07) is 12.0. The SMILES string of the molecule is Cc1cccc(C(=O)NCC(=O)NCCN2C(=O)S/C(=C\c3cccc(Cl)c3Cl)C2=O)c1. The van der Waals surface area contributed by atoms with Gasteiger partial charge in [0.15, 0.2) is 0 Å². The lowest BCUT2D eigenvalue weighted by molar-refractivity contribution is -0.124. The summed E-state index contributed by atoms with van der Waals surface area (Å²) in [6.07, 6.45) is 1.51. The minimum atomic E-state index is -0.474. The van der Waals surface area contributed by atoms with Gasteiger partial charge in [0.05, 0.1) is 21.5 Å². The molecular formula is C22H19Cl2N3O4S. The minimum absolute atomic E-state index is 0.00283. The first-order valence-corrected chi connectivity index (χ1v) is 11.1. The van der Waals surface area contributed by atoms with Gasteiger partial charge in [0.1, 0.15) is 0 Å². The van der Waals surface area contributed by atoms with E-state index in [0.717, 1.165) is 22.2 Å². The van der Waals surface area contributed by atoms with Crippen LogP contribution in [0.2, 0.25) is 10.0 Å². The molecule has 0 aliphatic carbocycles. The summed E-state index contributed by atoms with van der Waals surface area (Å²) in [7, 11) is 0. The lowest BCUT2D eigenvalue weighted by atomic mass is 10.1. The second-order valence-electron chi connectivity index (χ2n) is 6.88. The summed E-state index contributed by atoms with van der Waals surface area (Å²) < 4.78 is 0. The molecule has 0 spiro atoms. The molecule has 4 amide bonds. The van der Waals surface area contributed by atoms with Gasteiger partial charge in [-0.3, -0.25) is 24.1 Å². The predicted octanol–water partition coefficient (Wildman–Crippen LogP) is 3.88. The van der Waals surface area contributed by atoms with E-state index in [1.807, 2.05) is 13.0 Å². The van der Waals surface area contributed by atoms with Crippen LogP contribution in [0.25, 0.3) is 6.08 Å². The molecule has 0 radical (unpaired) electrons. The number of halogens is 2. The average molecular weight is 492 g/mol. The Kier molecular flexibility index (Phi) is 7.95. The molecule has 0 saturated carbocycles. The number of aryl methyl sites for hydroxylation is 1. The maximum atomic E-state index is 12.6. The Morgan fingerprint density at radius 2 is 1.84 bits per heavy atom. The molecule has 2 aromatic rings. The molecule has 0 bridgehead atoms. The van der Waals surface area contributed by atoms with Gasteiger partial charge >= 0.3 is 0 Å². The van der Waals surface area contributed by atoms with Crippen LogP contribution < -0.4 is 10.6 Å². The Morgan fingerprint density at radius 1 is 1.09 bits per heavy atom. The van der Waals surface area contributed by atoms with Crippen molar-refractivity contribution in [3.8, 4) is 0 Å². The van der Waals surface area contributed by atoms with E-state index in [9.17, 15) is 19.2 Å². The lowest BCUT2D eigenvalue weighted by Gasteiger charge is -2.13. The zero-order valence-electron chi connectivity index (χ0n) is 17.0. The topological polar surface area (TPSA) is 95.6 Å². The van der Waals surface area contributed by atoms with E-state index in [0.29, 0.717) is 21.2 Å². The van der Waals surface area contributed by atoms with E-state index in [2.05, 4.69) is 10.6 Å². The van der Waals surface area contributed by atoms with Crippen LogP contribution in [0.15, 0.2) is 47.4 Å². The molecule has 1 aliphatic heterocycles. The number of carbonyl (C=O) groups is 4. The fourth-order valence-corrected chi connectivity index (χ4v) is 4.10. The maximum Gasteiger partial charge on any atom is 0.293 e. The summed E-state index contributed by atoms with van der Waals surface area (Å²) in [5.41, 5.74) is 1.93. The molecule has 0 aromatic heterocycles. The summed E-state index contributed by atoms with van der Waals surface area (Å²) >= 11 is 12.9. The quantitative estimate of drug-likeness (QED) is 0.572. The van der Waals surface area contributed by atoms with Crippen molar-refractivity contribution < 1.29 is 19.2 Å². The third-order valence-electron chi connectivity index (χ3n) is 4.49. The third kappa shape index (κ3) is 5.91. The largest absolute Gasteiger partial charge is 0.353 e. The number of nitrogens with zero attached hydrogens (tertiary/aromatic N) is 1.